The van der Waals surface area contributed by atoms with Crippen molar-refractivity contribution in [2.45, 2.75) is 45.5 Å². The first kappa shape index (κ1) is 32.7. The number of hydrogen-bond acceptors (Lipinski definition) is 2. The highest BCUT2D eigenvalue weighted by molar-refractivity contribution is 6.89. The van der Waals surface area contributed by atoms with E-state index in [1.165, 1.54) is 10.4 Å². The van der Waals surface area contributed by atoms with Gasteiger partial charge in [-0.25, -0.2) is 0 Å². The van der Waals surface area contributed by atoms with Gasteiger partial charge in [0.1, 0.15) is 0 Å². The molecule has 5 aromatic carbocycles. The van der Waals surface area contributed by atoms with Crippen LogP contribution >= 0.6 is 0 Å². The molecule has 0 fully saturated rings. The van der Waals surface area contributed by atoms with Crippen LogP contribution < -0.4 is 15.7 Å². The summed E-state index contributed by atoms with van der Waals surface area (Å²) in [5, 5.41) is 17.5. The zero-order valence-electron chi connectivity index (χ0n) is 28.5. The predicted molar refractivity (Wildman–Crippen MR) is 208 cm³/mol. The Hall–Kier alpha value is -4.87. The van der Waals surface area contributed by atoms with Gasteiger partial charge >= 0.3 is 6.18 Å². The maximum atomic E-state index is 13.7. The number of nitrogens with one attached hydrogen (secondary N) is 2. The van der Waals surface area contributed by atoms with Crippen LogP contribution in [0.2, 0.25) is 39.3 Å². The fourth-order valence-electron chi connectivity index (χ4n) is 6.73. The summed E-state index contributed by atoms with van der Waals surface area (Å²) in [4.78, 5) is 0. The number of anilines is 1. The van der Waals surface area contributed by atoms with Gasteiger partial charge in [-0.3, -0.25) is 0 Å². The van der Waals surface area contributed by atoms with Crippen LogP contribution in [0.15, 0.2) is 115 Å². The van der Waals surface area contributed by atoms with Crippen LogP contribution in [0.4, 0.5) is 18.9 Å². The molecular weight excluding hydrogens is 650 g/mol. The minimum absolute atomic E-state index is 0.341. The van der Waals surface area contributed by atoms with E-state index in [9.17, 15) is 13.2 Å². The monoisotopic (exact) mass is 688 g/mol. The molecule has 2 N–H and O–H groups in total. The number of halogens is 3. The summed E-state index contributed by atoms with van der Waals surface area (Å²) >= 11 is 0. The maximum absolute atomic E-state index is 13.7. The van der Waals surface area contributed by atoms with Crippen molar-refractivity contribution in [2.75, 3.05) is 5.32 Å². The van der Waals surface area contributed by atoms with Gasteiger partial charge in [0.05, 0.1) is 55.2 Å². The second-order valence-corrected chi connectivity index (χ2v) is 24.9. The molecule has 0 aliphatic heterocycles. The Labute approximate surface area is 286 Å². The summed E-state index contributed by atoms with van der Waals surface area (Å²) in [7, 11) is -3.36. The first-order chi connectivity index (χ1) is 23.1. The molecule has 2 heterocycles. The fourth-order valence-corrected chi connectivity index (χ4v) is 9.04. The number of nitrogens with zero attached hydrogens (tertiary/aromatic N) is 2. The zero-order valence-corrected chi connectivity index (χ0v) is 30.5. The molecule has 7 rings (SSSR count). The molecule has 2 aromatic heterocycles. The minimum atomic E-state index is -4.66. The quantitative estimate of drug-likeness (QED) is 0.127. The number of aromatic nitrogens is 2. The molecule has 0 aliphatic rings. The van der Waals surface area contributed by atoms with Crippen LogP contribution in [-0.2, 0) is 0 Å². The SMILES string of the molecule is C[Si](C)(C)c1ccc2c3ccccc3n(-c3cc(N/C=C(\C=N)C(F)(F)F)cc(-n4c5ccccc5c5ccc([Si](C)(C)C)cc54)c3)c2c1. The third-order valence-corrected chi connectivity index (χ3v) is 13.5. The van der Waals surface area contributed by atoms with Gasteiger partial charge in [0.2, 0.25) is 0 Å². The number of benzene rings is 5. The van der Waals surface area contributed by atoms with Gasteiger partial charge in [0.25, 0.3) is 0 Å². The van der Waals surface area contributed by atoms with Crippen LogP contribution in [0, 0.1) is 5.41 Å². The second kappa shape index (κ2) is 11.6. The fraction of sp³-hybridized carbons (Fsp3) is 0.175. The average molecular weight is 689 g/mol. The summed E-state index contributed by atoms with van der Waals surface area (Å²) < 4.78 is 45.7. The largest absolute Gasteiger partial charge is 0.419 e. The molecule has 0 unspecified atom stereocenters. The van der Waals surface area contributed by atoms with Gasteiger partial charge in [-0.2, -0.15) is 13.2 Å². The molecule has 0 aliphatic carbocycles. The molecule has 0 bridgehead atoms. The molecule has 0 saturated carbocycles. The van der Waals surface area contributed by atoms with E-state index in [2.05, 4.69) is 120 Å². The number of allylic oxidation sites excluding steroid dienone is 1. The smallest absolute Gasteiger partial charge is 0.361 e. The highest BCUT2D eigenvalue weighted by Gasteiger charge is 2.32. The Kier molecular flexibility index (Phi) is 7.76. The molecule has 4 nitrogen and oxygen atoms in total. The second-order valence-electron chi connectivity index (χ2n) is 14.8. The van der Waals surface area contributed by atoms with Crippen molar-refractivity contribution in [1.29, 1.82) is 5.41 Å². The van der Waals surface area contributed by atoms with E-state index in [-0.39, 0.29) is 0 Å². The van der Waals surface area contributed by atoms with E-state index in [0.29, 0.717) is 11.9 Å². The lowest BCUT2D eigenvalue weighted by atomic mass is 10.1. The van der Waals surface area contributed by atoms with Crippen molar-refractivity contribution in [3.63, 3.8) is 0 Å². The highest BCUT2D eigenvalue weighted by Crippen LogP contribution is 2.37. The lowest BCUT2D eigenvalue weighted by Crippen LogP contribution is -2.37. The zero-order chi connectivity index (χ0) is 34.9. The lowest BCUT2D eigenvalue weighted by molar-refractivity contribution is -0.0857. The Bertz CT molecular complexity index is 2300. The summed E-state index contributed by atoms with van der Waals surface area (Å²) in [6, 6.07) is 36.0. The summed E-state index contributed by atoms with van der Waals surface area (Å²) in [5.74, 6) is 0. The number of para-hydroxylation sites is 2. The molecule has 0 atom stereocenters. The molecule has 0 spiro atoms. The average Bonchev–Trinajstić information content (AvgIpc) is 3.56. The van der Waals surface area contributed by atoms with Crippen LogP contribution in [0.5, 0.6) is 0 Å². The van der Waals surface area contributed by atoms with Crippen molar-refractivity contribution < 1.29 is 13.2 Å². The summed E-state index contributed by atoms with van der Waals surface area (Å²) in [6.45, 7) is 14.0. The van der Waals surface area contributed by atoms with Crippen LogP contribution in [0.25, 0.3) is 55.0 Å². The molecule has 0 saturated heterocycles. The molecule has 7 aromatic rings. The number of fused-ring (bicyclic) bond motifs is 6. The lowest BCUT2D eigenvalue weighted by Gasteiger charge is -2.19. The molecule has 0 amide bonds. The third kappa shape index (κ3) is 5.80. The van der Waals surface area contributed by atoms with Gasteiger partial charge in [0, 0.05) is 39.6 Å². The van der Waals surface area contributed by atoms with Crippen molar-refractivity contribution in [3.8, 4) is 11.4 Å². The van der Waals surface area contributed by atoms with Gasteiger partial charge in [-0.05, 0) is 42.5 Å². The molecule has 9 heteroatoms. The van der Waals surface area contributed by atoms with E-state index in [1.807, 2.05) is 36.4 Å². The molecular formula is C40H39F3N4Si2. The molecule has 248 valence electrons. The Morgan fingerprint density at radius 1 is 0.592 bits per heavy atom. The topological polar surface area (TPSA) is 45.7 Å². The van der Waals surface area contributed by atoms with Gasteiger partial charge in [0.15, 0.2) is 0 Å². The molecule has 49 heavy (non-hydrogen) atoms. The van der Waals surface area contributed by atoms with E-state index in [1.54, 1.807) is 0 Å². The van der Waals surface area contributed by atoms with E-state index >= 15 is 0 Å². The van der Waals surface area contributed by atoms with Gasteiger partial charge in [-0.1, -0.05) is 110 Å². The first-order valence-electron chi connectivity index (χ1n) is 16.4. The normalized spacial score (nSPS) is 13.2. The van der Waals surface area contributed by atoms with Crippen molar-refractivity contribution in [3.05, 3.63) is 115 Å². The number of rotatable bonds is 7. The Balaban J connectivity index is 1.58. The standard InChI is InChI=1S/C40H39F3N4Si2/c1-48(2,3)30-15-17-34-32-11-7-9-13-36(32)46(38(34)22-30)28-19-27(45-25-26(24-44)40(41,42)43)20-29(21-28)47-37-14-10-8-12-33(37)35-18-16-31(23-39(35)47)49(4,5)6/h7-25,44-45H,1-6H3/b26-25+,44-24?. The third-order valence-electron chi connectivity index (χ3n) is 9.38. The van der Waals surface area contributed by atoms with Crippen LogP contribution in [0.3, 0.4) is 0 Å². The first-order valence-corrected chi connectivity index (χ1v) is 23.4. The van der Waals surface area contributed by atoms with Crippen molar-refractivity contribution in [2.24, 2.45) is 0 Å². The highest BCUT2D eigenvalue weighted by atomic mass is 28.3. The van der Waals surface area contributed by atoms with Crippen LogP contribution in [0.1, 0.15) is 0 Å². The number of alkyl halides is 3. The molecule has 0 radical (unpaired) electrons. The van der Waals surface area contributed by atoms with Crippen molar-refractivity contribution in [1.82, 2.24) is 9.13 Å². The van der Waals surface area contributed by atoms with E-state index < -0.39 is 27.9 Å². The van der Waals surface area contributed by atoms with E-state index in [4.69, 9.17) is 5.41 Å². The summed E-state index contributed by atoms with van der Waals surface area (Å²) in [6.07, 6.45) is -3.44. The van der Waals surface area contributed by atoms with E-state index in [0.717, 1.165) is 61.2 Å². The Morgan fingerprint density at radius 2 is 1.02 bits per heavy atom. The predicted octanol–water partition coefficient (Wildman–Crippen LogP) is 10.5. The van der Waals surface area contributed by atoms with Crippen molar-refractivity contribution >= 4 is 82.0 Å². The maximum Gasteiger partial charge on any atom is 0.419 e. The van der Waals surface area contributed by atoms with Gasteiger partial charge < -0.3 is 19.9 Å². The Morgan fingerprint density at radius 3 is 1.43 bits per heavy atom. The summed E-state index contributed by atoms with van der Waals surface area (Å²) in [5.41, 5.74) is 5.21. The minimum Gasteiger partial charge on any atom is -0.361 e. The van der Waals surface area contributed by atoms with Gasteiger partial charge in [-0.15, -0.1) is 0 Å². The number of hydrogen-bond donors (Lipinski definition) is 2. The van der Waals surface area contributed by atoms with Crippen LogP contribution in [-0.4, -0.2) is 37.7 Å².